The molecule has 0 spiro atoms. The summed E-state index contributed by atoms with van der Waals surface area (Å²) in [5, 5.41) is 0. The number of nitrogens with two attached hydrogens (primary N) is 1. The molecule has 1 fully saturated rings. The van der Waals surface area contributed by atoms with Crippen molar-refractivity contribution in [3.63, 3.8) is 0 Å². The Morgan fingerprint density at radius 2 is 2.10 bits per heavy atom. The third-order valence-corrected chi connectivity index (χ3v) is 6.47. The fraction of sp³-hybridized carbons (Fsp3) is 0.467. The van der Waals surface area contributed by atoms with E-state index in [2.05, 4.69) is 5.92 Å². The Hall–Kier alpha value is -1.16. The van der Waals surface area contributed by atoms with Gasteiger partial charge in [0.1, 0.15) is 0 Å². The van der Waals surface area contributed by atoms with Crippen molar-refractivity contribution in [2.75, 3.05) is 30.3 Å². The maximum atomic E-state index is 12.3. The van der Waals surface area contributed by atoms with Crippen molar-refractivity contribution in [1.29, 1.82) is 0 Å². The van der Waals surface area contributed by atoms with Crippen LogP contribution in [0.3, 0.4) is 0 Å². The van der Waals surface area contributed by atoms with Crippen molar-refractivity contribution in [3.05, 3.63) is 24.3 Å². The molecular formula is C15H20N2O2S2. The first-order valence-corrected chi connectivity index (χ1v) is 9.51. The highest BCUT2D eigenvalue weighted by molar-refractivity contribution is 8.00. The molecule has 0 bridgehead atoms. The minimum Gasteiger partial charge on any atom is -0.398 e. The third-order valence-electron chi connectivity index (χ3n) is 3.34. The molecule has 0 atom stereocenters. The average molecular weight is 324 g/mol. The highest BCUT2D eigenvalue weighted by Gasteiger charge is 2.29. The quantitative estimate of drug-likeness (QED) is 0.451. The second-order valence-corrected chi connectivity index (χ2v) is 8.37. The number of para-hydroxylation sites is 1. The summed E-state index contributed by atoms with van der Waals surface area (Å²) >= 11 is 1.46. The van der Waals surface area contributed by atoms with Crippen LogP contribution in [0.5, 0.6) is 0 Å². The van der Waals surface area contributed by atoms with Crippen LogP contribution in [-0.2, 0) is 10.0 Å². The summed E-state index contributed by atoms with van der Waals surface area (Å²) in [6.07, 6.45) is 7.49. The van der Waals surface area contributed by atoms with E-state index in [-0.39, 0.29) is 12.3 Å². The van der Waals surface area contributed by atoms with Crippen LogP contribution in [0.25, 0.3) is 0 Å². The molecule has 0 radical (unpaired) electrons. The monoisotopic (exact) mass is 324 g/mol. The first kappa shape index (κ1) is 16.2. The zero-order valence-electron chi connectivity index (χ0n) is 11.9. The molecule has 2 rings (SSSR count). The summed E-state index contributed by atoms with van der Waals surface area (Å²) in [7, 11) is -3.29. The molecule has 1 aromatic rings. The Labute approximate surface area is 131 Å². The maximum absolute atomic E-state index is 12.3. The van der Waals surface area contributed by atoms with Gasteiger partial charge in [-0.05, 0) is 30.9 Å². The molecule has 0 amide bonds. The van der Waals surface area contributed by atoms with E-state index < -0.39 is 10.0 Å². The lowest BCUT2D eigenvalue weighted by atomic mass is 10.3. The Morgan fingerprint density at radius 1 is 1.38 bits per heavy atom. The van der Waals surface area contributed by atoms with Crippen LogP contribution in [0, 0.1) is 18.3 Å². The van der Waals surface area contributed by atoms with Crippen molar-refractivity contribution in [1.82, 2.24) is 4.31 Å². The smallest absolute Gasteiger partial charge is 0.215 e. The zero-order chi connectivity index (χ0) is 15.3. The number of rotatable bonds is 8. The number of terminal acetylenes is 1. The molecule has 21 heavy (non-hydrogen) atoms. The topological polar surface area (TPSA) is 63.4 Å². The van der Waals surface area contributed by atoms with Crippen molar-refractivity contribution >= 4 is 27.5 Å². The summed E-state index contributed by atoms with van der Waals surface area (Å²) in [6.45, 7) is 0.724. The van der Waals surface area contributed by atoms with E-state index >= 15 is 0 Å². The molecule has 1 aromatic carbocycles. The maximum Gasteiger partial charge on any atom is 0.215 e. The lowest BCUT2D eigenvalue weighted by molar-refractivity contribution is 0.431. The van der Waals surface area contributed by atoms with Gasteiger partial charge in [0, 0.05) is 22.9 Å². The Morgan fingerprint density at radius 3 is 2.71 bits per heavy atom. The van der Waals surface area contributed by atoms with Gasteiger partial charge in [0.15, 0.2) is 0 Å². The molecule has 1 aliphatic rings. The highest BCUT2D eigenvalue weighted by atomic mass is 32.2. The van der Waals surface area contributed by atoms with E-state index in [0.29, 0.717) is 23.9 Å². The second-order valence-electron chi connectivity index (χ2n) is 5.14. The molecule has 114 valence electrons. The predicted octanol–water partition coefficient (Wildman–Crippen LogP) is 2.04. The van der Waals surface area contributed by atoms with Crippen LogP contribution < -0.4 is 5.73 Å². The average Bonchev–Trinajstić information content (AvgIpc) is 3.24. The van der Waals surface area contributed by atoms with Crippen LogP contribution >= 0.6 is 11.8 Å². The summed E-state index contributed by atoms with van der Waals surface area (Å²) in [4.78, 5) is 0.915. The van der Waals surface area contributed by atoms with Crippen molar-refractivity contribution in [3.8, 4) is 12.3 Å². The molecular weight excluding hydrogens is 304 g/mol. The van der Waals surface area contributed by atoms with Gasteiger partial charge in [0.05, 0.1) is 12.3 Å². The molecule has 0 saturated heterocycles. The van der Waals surface area contributed by atoms with Gasteiger partial charge in [0.2, 0.25) is 10.0 Å². The van der Waals surface area contributed by atoms with Gasteiger partial charge < -0.3 is 5.73 Å². The summed E-state index contributed by atoms with van der Waals surface area (Å²) in [6, 6.07) is 7.47. The van der Waals surface area contributed by atoms with Crippen molar-refractivity contribution in [2.45, 2.75) is 17.7 Å². The fourth-order valence-electron chi connectivity index (χ4n) is 1.96. The summed E-state index contributed by atoms with van der Waals surface area (Å²) < 4.78 is 26.1. The number of anilines is 1. The molecule has 0 aliphatic heterocycles. The molecule has 2 N–H and O–H groups in total. The molecule has 4 nitrogen and oxygen atoms in total. The minimum absolute atomic E-state index is 0.0837. The summed E-state index contributed by atoms with van der Waals surface area (Å²) in [5.41, 5.74) is 6.52. The molecule has 0 aromatic heterocycles. The number of nitrogen functional groups attached to an aromatic ring is 1. The van der Waals surface area contributed by atoms with E-state index in [1.165, 1.54) is 16.1 Å². The van der Waals surface area contributed by atoms with Crippen molar-refractivity contribution < 1.29 is 8.42 Å². The van der Waals surface area contributed by atoms with E-state index in [0.717, 1.165) is 17.7 Å². The lowest BCUT2D eigenvalue weighted by Gasteiger charge is -2.19. The van der Waals surface area contributed by atoms with Crippen LogP contribution in [0.1, 0.15) is 12.8 Å². The molecule has 1 saturated carbocycles. The number of nitrogens with zero attached hydrogens (tertiary/aromatic N) is 1. The van der Waals surface area contributed by atoms with Crippen LogP contribution in [-0.4, -0.2) is 37.3 Å². The zero-order valence-corrected chi connectivity index (χ0v) is 13.5. The van der Waals surface area contributed by atoms with Gasteiger partial charge in [-0.2, -0.15) is 4.31 Å². The van der Waals surface area contributed by atoms with E-state index in [4.69, 9.17) is 12.2 Å². The van der Waals surface area contributed by atoms with Crippen LogP contribution in [0.2, 0.25) is 0 Å². The van der Waals surface area contributed by atoms with Gasteiger partial charge in [-0.3, -0.25) is 0 Å². The number of thioether (sulfide) groups is 1. The number of benzene rings is 1. The first-order valence-electron chi connectivity index (χ1n) is 6.91. The number of hydrogen-bond acceptors (Lipinski definition) is 4. The molecule has 1 aliphatic carbocycles. The van der Waals surface area contributed by atoms with Gasteiger partial charge in [-0.1, -0.05) is 18.1 Å². The summed E-state index contributed by atoms with van der Waals surface area (Å²) in [5.74, 6) is 3.49. The van der Waals surface area contributed by atoms with Crippen LogP contribution in [0.4, 0.5) is 5.69 Å². The molecule has 0 heterocycles. The lowest BCUT2D eigenvalue weighted by Crippen LogP contribution is -2.35. The largest absolute Gasteiger partial charge is 0.398 e. The van der Waals surface area contributed by atoms with Crippen molar-refractivity contribution in [2.24, 2.45) is 5.92 Å². The van der Waals surface area contributed by atoms with E-state index in [1.54, 1.807) is 0 Å². The Bertz CT molecular complexity index is 619. The first-order chi connectivity index (χ1) is 10.0. The van der Waals surface area contributed by atoms with Gasteiger partial charge >= 0.3 is 0 Å². The Kier molecular flexibility index (Phi) is 5.57. The minimum atomic E-state index is -3.29. The second kappa shape index (κ2) is 7.21. The van der Waals surface area contributed by atoms with Gasteiger partial charge in [-0.25, -0.2) is 8.42 Å². The normalized spacial score (nSPS) is 15.0. The third kappa shape index (κ3) is 4.95. The van der Waals surface area contributed by atoms with E-state index in [1.807, 2.05) is 24.3 Å². The molecule has 0 unspecified atom stereocenters. The fourth-order valence-corrected chi connectivity index (χ4v) is 4.74. The Balaban J connectivity index is 1.90. The number of hydrogen-bond donors (Lipinski definition) is 1. The van der Waals surface area contributed by atoms with Gasteiger partial charge in [0.25, 0.3) is 0 Å². The molecule has 6 heteroatoms. The van der Waals surface area contributed by atoms with E-state index in [9.17, 15) is 8.42 Å². The SMILES string of the molecule is C#CCN(CC1CC1)S(=O)(=O)CCSc1ccccc1N. The van der Waals surface area contributed by atoms with Crippen LogP contribution in [0.15, 0.2) is 29.2 Å². The predicted molar refractivity (Wildman–Crippen MR) is 88.5 cm³/mol. The van der Waals surface area contributed by atoms with Gasteiger partial charge in [-0.15, -0.1) is 18.2 Å². The highest BCUT2D eigenvalue weighted by Crippen LogP contribution is 2.31. The standard InChI is InChI=1S/C15H20N2O2S2/c1-2-9-17(12-13-7-8-13)21(18,19)11-10-20-15-6-4-3-5-14(15)16/h1,3-6,13H,7-12,16H2. The number of sulfonamides is 1.